The minimum absolute atomic E-state index is 0.130. The van der Waals surface area contributed by atoms with Gasteiger partial charge in [-0.2, -0.15) is 0 Å². The molecule has 0 fully saturated rings. The van der Waals surface area contributed by atoms with E-state index in [4.69, 9.17) is 5.11 Å². The predicted octanol–water partition coefficient (Wildman–Crippen LogP) is 3.04. The summed E-state index contributed by atoms with van der Waals surface area (Å²) in [4.78, 5) is 1.05. The second-order valence-electron chi connectivity index (χ2n) is 4.71. The third-order valence-electron chi connectivity index (χ3n) is 3.05. The van der Waals surface area contributed by atoms with Gasteiger partial charge in [0.05, 0.1) is 0 Å². The summed E-state index contributed by atoms with van der Waals surface area (Å²) >= 11 is 1.29. The lowest BCUT2D eigenvalue weighted by atomic mass is 10.1. The molecule has 0 aliphatic heterocycles. The highest BCUT2D eigenvalue weighted by atomic mass is 32.2. The van der Waals surface area contributed by atoms with Crippen molar-refractivity contribution < 1.29 is 13.5 Å². The number of rotatable bonds is 7. The Morgan fingerprint density at radius 2 is 2.05 bits per heavy atom. The summed E-state index contributed by atoms with van der Waals surface area (Å²) in [5.74, 6) is 0. The first-order valence-corrected chi connectivity index (χ1v) is 9.16. The van der Waals surface area contributed by atoms with Crippen molar-refractivity contribution in [3.63, 3.8) is 0 Å². The summed E-state index contributed by atoms with van der Waals surface area (Å²) in [5, 5.41) is 8.85. The molecule has 0 aliphatic carbocycles. The molecule has 21 heavy (non-hydrogen) atoms. The van der Waals surface area contributed by atoms with Gasteiger partial charge in [-0.25, -0.2) is 8.42 Å². The number of benzene rings is 1. The van der Waals surface area contributed by atoms with Gasteiger partial charge in [-0.3, -0.25) is 4.72 Å². The molecule has 0 saturated heterocycles. The average molecular weight is 325 g/mol. The van der Waals surface area contributed by atoms with Gasteiger partial charge in [-0.05, 0) is 49.1 Å². The summed E-state index contributed by atoms with van der Waals surface area (Å²) in [5.41, 5.74) is 1.56. The second kappa shape index (κ2) is 7.06. The van der Waals surface area contributed by atoms with E-state index in [2.05, 4.69) is 4.72 Å². The Balaban J connectivity index is 2.16. The lowest BCUT2D eigenvalue weighted by Crippen LogP contribution is -2.11. The zero-order valence-corrected chi connectivity index (χ0v) is 13.5. The number of nitrogens with one attached hydrogen (secondary N) is 1. The number of anilines is 1. The Hall–Kier alpha value is -1.37. The molecule has 4 nitrogen and oxygen atoms in total. The lowest BCUT2D eigenvalue weighted by molar-refractivity contribution is 0.288. The first-order valence-electron chi connectivity index (χ1n) is 6.86. The minimum atomic E-state index is -3.52. The summed E-state index contributed by atoms with van der Waals surface area (Å²) in [6.45, 7) is 2.13. The maximum atomic E-state index is 12.3. The van der Waals surface area contributed by atoms with E-state index in [9.17, 15) is 8.42 Å². The number of hydrogen-bond acceptors (Lipinski definition) is 4. The maximum absolute atomic E-state index is 12.3. The van der Waals surface area contributed by atoms with E-state index in [0.717, 1.165) is 23.3 Å². The first kappa shape index (κ1) is 16.0. The fraction of sp³-hybridized carbons (Fsp3) is 0.333. The van der Waals surface area contributed by atoms with E-state index >= 15 is 0 Å². The zero-order chi connectivity index (χ0) is 15.3. The molecule has 2 rings (SSSR count). The number of aryl methyl sites for hydroxylation is 2. The number of aliphatic hydroxyl groups excluding tert-OH is 1. The van der Waals surface area contributed by atoms with E-state index in [0.29, 0.717) is 16.3 Å². The fourth-order valence-electron chi connectivity index (χ4n) is 1.97. The van der Waals surface area contributed by atoms with Crippen LogP contribution < -0.4 is 4.72 Å². The van der Waals surface area contributed by atoms with Gasteiger partial charge in [-0.1, -0.05) is 19.1 Å². The van der Waals surface area contributed by atoms with Crippen LogP contribution >= 0.6 is 11.3 Å². The number of hydrogen-bond donors (Lipinski definition) is 2. The highest BCUT2D eigenvalue weighted by molar-refractivity contribution is 7.94. The Morgan fingerprint density at radius 3 is 2.71 bits per heavy atom. The second-order valence-corrected chi connectivity index (χ2v) is 7.78. The molecule has 114 valence electrons. The van der Waals surface area contributed by atoms with Gasteiger partial charge in [0.2, 0.25) is 0 Å². The Bertz CT molecular complexity index is 692. The van der Waals surface area contributed by atoms with Gasteiger partial charge in [-0.15, -0.1) is 11.3 Å². The molecule has 2 aromatic rings. The quantitative estimate of drug-likeness (QED) is 0.822. The molecule has 1 aromatic carbocycles. The van der Waals surface area contributed by atoms with Gasteiger partial charge in [0.25, 0.3) is 10.0 Å². The third kappa shape index (κ3) is 4.30. The van der Waals surface area contributed by atoms with Crippen molar-refractivity contribution in [1.29, 1.82) is 0 Å². The fourth-order valence-corrected chi connectivity index (χ4v) is 4.32. The molecule has 2 N–H and O–H groups in total. The van der Waals surface area contributed by atoms with E-state index < -0.39 is 10.0 Å². The molecule has 0 amide bonds. The van der Waals surface area contributed by atoms with Gasteiger partial charge in [0.1, 0.15) is 4.21 Å². The molecule has 0 unspecified atom stereocenters. The third-order valence-corrected chi connectivity index (χ3v) is 6.16. The van der Waals surface area contributed by atoms with Gasteiger partial charge < -0.3 is 5.11 Å². The van der Waals surface area contributed by atoms with Crippen LogP contribution in [0.15, 0.2) is 40.6 Å². The number of aliphatic hydroxyl groups is 1. The van der Waals surface area contributed by atoms with Crippen molar-refractivity contribution in [1.82, 2.24) is 0 Å². The SMILES string of the molecule is CCc1ccc(S(=O)(=O)Nc2cccc(CCCO)c2)s1. The highest BCUT2D eigenvalue weighted by Gasteiger charge is 2.16. The summed E-state index contributed by atoms with van der Waals surface area (Å²) in [6.07, 6.45) is 2.23. The van der Waals surface area contributed by atoms with Crippen LogP contribution in [0.5, 0.6) is 0 Å². The smallest absolute Gasteiger partial charge is 0.271 e. The topological polar surface area (TPSA) is 66.4 Å². The molecule has 0 radical (unpaired) electrons. The molecule has 6 heteroatoms. The van der Waals surface area contributed by atoms with Gasteiger partial charge in [0.15, 0.2) is 0 Å². The van der Waals surface area contributed by atoms with Crippen LogP contribution in [0.25, 0.3) is 0 Å². The van der Waals surface area contributed by atoms with E-state index in [1.165, 1.54) is 11.3 Å². The summed E-state index contributed by atoms with van der Waals surface area (Å²) in [6, 6.07) is 10.8. The molecule has 0 saturated carbocycles. The largest absolute Gasteiger partial charge is 0.396 e. The van der Waals surface area contributed by atoms with Crippen LogP contribution in [0.1, 0.15) is 23.8 Å². The Labute approximate surface area is 129 Å². The van der Waals surface area contributed by atoms with Gasteiger partial charge >= 0.3 is 0 Å². The Morgan fingerprint density at radius 1 is 1.24 bits per heavy atom. The van der Waals surface area contributed by atoms with Crippen LogP contribution in [0.2, 0.25) is 0 Å². The molecule has 0 spiro atoms. The van der Waals surface area contributed by atoms with Crippen LogP contribution in [0.4, 0.5) is 5.69 Å². The predicted molar refractivity (Wildman–Crippen MR) is 86.4 cm³/mol. The highest BCUT2D eigenvalue weighted by Crippen LogP contribution is 2.24. The van der Waals surface area contributed by atoms with E-state index in [1.54, 1.807) is 12.1 Å². The minimum Gasteiger partial charge on any atom is -0.396 e. The lowest BCUT2D eigenvalue weighted by Gasteiger charge is -2.08. The maximum Gasteiger partial charge on any atom is 0.271 e. The monoisotopic (exact) mass is 325 g/mol. The Kier molecular flexibility index (Phi) is 5.39. The van der Waals surface area contributed by atoms with Crippen molar-refractivity contribution in [2.24, 2.45) is 0 Å². The summed E-state index contributed by atoms with van der Waals surface area (Å²) in [7, 11) is -3.52. The van der Waals surface area contributed by atoms with Crippen LogP contribution in [0.3, 0.4) is 0 Å². The molecule has 0 aliphatic rings. The average Bonchev–Trinajstić information content (AvgIpc) is 2.95. The van der Waals surface area contributed by atoms with Crippen LogP contribution in [-0.4, -0.2) is 20.1 Å². The number of sulfonamides is 1. The van der Waals surface area contributed by atoms with E-state index in [-0.39, 0.29) is 6.61 Å². The van der Waals surface area contributed by atoms with Crippen LogP contribution in [0, 0.1) is 0 Å². The molecule has 0 bridgehead atoms. The molecule has 0 atom stereocenters. The molecule has 1 aromatic heterocycles. The molecule has 1 heterocycles. The standard InChI is InChI=1S/C15H19NO3S2/c1-2-14-8-9-15(20-14)21(18,19)16-13-7-3-5-12(11-13)6-4-10-17/h3,5,7-9,11,16-17H,2,4,6,10H2,1H3. The summed E-state index contributed by atoms with van der Waals surface area (Å²) < 4.78 is 27.6. The normalized spacial score (nSPS) is 11.5. The van der Waals surface area contributed by atoms with Gasteiger partial charge in [0, 0.05) is 17.2 Å². The molecular weight excluding hydrogens is 306 g/mol. The van der Waals surface area contributed by atoms with Crippen molar-refractivity contribution in [3.05, 3.63) is 46.8 Å². The first-order chi connectivity index (χ1) is 10.0. The van der Waals surface area contributed by atoms with Crippen molar-refractivity contribution in [3.8, 4) is 0 Å². The van der Waals surface area contributed by atoms with Crippen LogP contribution in [-0.2, 0) is 22.9 Å². The zero-order valence-electron chi connectivity index (χ0n) is 11.9. The van der Waals surface area contributed by atoms with Crippen molar-refractivity contribution in [2.45, 2.75) is 30.4 Å². The molecular formula is C15H19NO3S2. The van der Waals surface area contributed by atoms with Crippen molar-refractivity contribution >= 4 is 27.0 Å². The van der Waals surface area contributed by atoms with Crippen molar-refractivity contribution in [2.75, 3.05) is 11.3 Å². The van der Waals surface area contributed by atoms with E-state index in [1.807, 2.05) is 31.2 Å². The number of thiophene rings is 1.